The van der Waals surface area contributed by atoms with Gasteiger partial charge in [-0.2, -0.15) is 0 Å². The zero-order chi connectivity index (χ0) is 12.7. The van der Waals surface area contributed by atoms with Gasteiger partial charge in [-0.25, -0.2) is 13.8 Å². The lowest BCUT2D eigenvalue weighted by Gasteiger charge is -1.99. The standard InChI is InChI=1S/C14H10F2N2/c1-8-5-6-9(7-11(8)16)14-17-12-4-2-3-10(15)13(12)18-14/h2-7H,1H3,(H,17,18). The molecule has 2 aromatic carbocycles. The molecule has 4 heteroatoms. The van der Waals surface area contributed by atoms with Crippen LogP contribution in [0.3, 0.4) is 0 Å². The zero-order valence-corrected chi connectivity index (χ0v) is 9.67. The zero-order valence-electron chi connectivity index (χ0n) is 9.67. The van der Waals surface area contributed by atoms with E-state index in [4.69, 9.17) is 0 Å². The summed E-state index contributed by atoms with van der Waals surface area (Å²) in [5.41, 5.74) is 2.05. The number of rotatable bonds is 1. The fourth-order valence-electron chi connectivity index (χ4n) is 1.87. The Labute approximate surface area is 102 Å². The predicted octanol–water partition coefficient (Wildman–Crippen LogP) is 3.82. The fourth-order valence-corrected chi connectivity index (χ4v) is 1.87. The van der Waals surface area contributed by atoms with Crippen LogP contribution in [0.2, 0.25) is 0 Å². The molecule has 18 heavy (non-hydrogen) atoms. The minimum Gasteiger partial charge on any atom is -0.338 e. The molecule has 3 aromatic rings. The van der Waals surface area contributed by atoms with E-state index in [-0.39, 0.29) is 17.2 Å². The highest BCUT2D eigenvalue weighted by molar-refractivity contribution is 5.79. The SMILES string of the molecule is Cc1ccc(-c2nc3c(F)cccc3[nH]2)cc1F. The van der Waals surface area contributed by atoms with E-state index in [1.807, 2.05) is 0 Å². The van der Waals surface area contributed by atoms with Gasteiger partial charge in [-0.05, 0) is 30.7 Å². The highest BCUT2D eigenvalue weighted by Crippen LogP contribution is 2.23. The van der Waals surface area contributed by atoms with Gasteiger partial charge >= 0.3 is 0 Å². The third-order valence-corrected chi connectivity index (χ3v) is 2.91. The quantitative estimate of drug-likeness (QED) is 0.692. The second-order valence-corrected chi connectivity index (χ2v) is 4.19. The Hall–Kier alpha value is -2.23. The number of aromatic nitrogens is 2. The van der Waals surface area contributed by atoms with Crippen LogP contribution in [0.4, 0.5) is 8.78 Å². The van der Waals surface area contributed by atoms with Crippen LogP contribution in [0.25, 0.3) is 22.4 Å². The van der Waals surface area contributed by atoms with Crippen molar-refractivity contribution in [1.29, 1.82) is 0 Å². The minimum absolute atomic E-state index is 0.272. The molecule has 0 saturated carbocycles. The van der Waals surface area contributed by atoms with Crippen LogP contribution in [0.5, 0.6) is 0 Å². The molecule has 3 rings (SSSR count). The summed E-state index contributed by atoms with van der Waals surface area (Å²) in [6.45, 7) is 1.69. The van der Waals surface area contributed by atoms with Crippen molar-refractivity contribution in [3.63, 3.8) is 0 Å². The normalized spacial score (nSPS) is 11.1. The van der Waals surface area contributed by atoms with Crippen molar-refractivity contribution >= 4 is 11.0 Å². The van der Waals surface area contributed by atoms with Crippen LogP contribution in [0.15, 0.2) is 36.4 Å². The summed E-state index contributed by atoms with van der Waals surface area (Å²) in [6.07, 6.45) is 0. The van der Waals surface area contributed by atoms with Crippen molar-refractivity contribution in [2.24, 2.45) is 0 Å². The molecule has 0 fully saturated rings. The topological polar surface area (TPSA) is 28.7 Å². The number of halogens is 2. The molecule has 0 radical (unpaired) electrons. The summed E-state index contributed by atoms with van der Waals surface area (Å²) in [7, 11) is 0. The van der Waals surface area contributed by atoms with Crippen molar-refractivity contribution in [1.82, 2.24) is 9.97 Å². The number of H-pyrrole nitrogens is 1. The Kier molecular flexibility index (Phi) is 2.37. The number of nitrogens with one attached hydrogen (secondary N) is 1. The number of para-hydroxylation sites is 1. The van der Waals surface area contributed by atoms with E-state index in [1.165, 1.54) is 12.1 Å². The van der Waals surface area contributed by atoms with Crippen molar-refractivity contribution in [3.8, 4) is 11.4 Å². The monoisotopic (exact) mass is 244 g/mol. The number of aromatic amines is 1. The van der Waals surface area contributed by atoms with Crippen molar-refractivity contribution < 1.29 is 8.78 Å². The van der Waals surface area contributed by atoms with Gasteiger partial charge in [0.15, 0.2) is 5.82 Å². The summed E-state index contributed by atoms with van der Waals surface area (Å²) >= 11 is 0. The van der Waals surface area contributed by atoms with Crippen LogP contribution in [0, 0.1) is 18.6 Å². The third kappa shape index (κ3) is 1.66. The Bertz CT molecular complexity index is 732. The van der Waals surface area contributed by atoms with Gasteiger partial charge in [0.2, 0.25) is 0 Å². The van der Waals surface area contributed by atoms with E-state index in [2.05, 4.69) is 9.97 Å². The maximum atomic E-state index is 13.5. The van der Waals surface area contributed by atoms with Gasteiger partial charge in [0, 0.05) is 5.56 Å². The number of hydrogen-bond donors (Lipinski definition) is 1. The molecule has 1 aromatic heterocycles. The van der Waals surface area contributed by atoms with Gasteiger partial charge < -0.3 is 4.98 Å². The van der Waals surface area contributed by atoms with Crippen LogP contribution < -0.4 is 0 Å². The Morgan fingerprint density at radius 2 is 1.89 bits per heavy atom. The molecule has 0 aliphatic heterocycles. The molecule has 0 saturated heterocycles. The number of nitrogens with zero attached hydrogens (tertiary/aromatic N) is 1. The molecular formula is C14H10F2N2. The molecule has 0 aliphatic rings. The molecule has 0 bridgehead atoms. The smallest absolute Gasteiger partial charge is 0.151 e. The molecule has 2 nitrogen and oxygen atoms in total. The van der Waals surface area contributed by atoms with Crippen molar-refractivity contribution in [2.75, 3.05) is 0 Å². The first-order chi connectivity index (χ1) is 8.65. The molecule has 1 N–H and O–H groups in total. The van der Waals surface area contributed by atoms with Gasteiger partial charge in [-0.15, -0.1) is 0 Å². The second kappa shape index (κ2) is 3.91. The lowest BCUT2D eigenvalue weighted by atomic mass is 10.1. The summed E-state index contributed by atoms with van der Waals surface area (Å²) in [5, 5.41) is 0. The number of benzene rings is 2. The van der Waals surface area contributed by atoms with Gasteiger partial charge in [-0.3, -0.25) is 0 Å². The van der Waals surface area contributed by atoms with Crippen molar-refractivity contribution in [2.45, 2.75) is 6.92 Å². The average molecular weight is 244 g/mol. The van der Waals surface area contributed by atoms with E-state index in [9.17, 15) is 8.78 Å². The van der Waals surface area contributed by atoms with E-state index in [0.717, 1.165) is 0 Å². The first-order valence-electron chi connectivity index (χ1n) is 5.56. The first kappa shape index (κ1) is 10.9. The lowest BCUT2D eigenvalue weighted by molar-refractivity contribution is 0.619. The van der Waals surface area contributed by atoms with Gasteiger partial charge in [-0.1, -0.05) is 18.2 Å². The molecule has 0 amide bonds. The van der Waals surface area contributed by atoms with Crippen LogP contribution in [-0.4, -0.2) is 9.97 Å². The molecule has 0 unspecified atom stereocenters. The lowest BCUT2D eigenvalue weighted by Crippen LogP contribution is -1.85. The van der Waals surface area contributed by atoms with Gasteiger partial charge in [0.1, 0.15) is 17.2 Å². The molecular weight excluding hydrogens is 234 g/mol. The molecule has 90 valence electrons. The number of aryl methyl sites for hydroxylation is 1. The average Bonchev–Trinajstić information content (AvgIpc) is 2.78. The third-order valence-electron chi connectivity index (χ3n) is 2.91. The summed E-state index contributed by atoms with van der Waals surface area (Å²) < 4.78 is 27.0. The number of fused-ring (bicyclic) bond motifs is 1. The van der Waals surface area contributed by atoms with Gasteiger partial charge in [0.05, 0.1) is 5.52 Å². The maximum absolute atomic E-state index is 13.5. The summed E-state index contributed by atoms with van der Waals surface area (Å²) in [4.78, 5) is 7.14. The number of imidazole rings is 1. The first-order valence-corrected chi connectivity index (χ1v) is 5.56. The van der Waals surface area contributed by atoms with Crippen LogP contribution in [-0.2, 0) is 0 Å². The number of hydrogen-bond acceptors (Lipinski definition) is 1. The summed E-state index contributed by atoms with van der Waals surface area (Å²) in [5.74, 6) is -0.218. The second-order valence-electron chi connectivity index (χ2n) is 4.19. The molecule has 0 spiro atoms. The molecule has 0 atom stereocenters. The summed E-state index contributed by atoms with van der Waals surface area (Å²) in [6, 6.07) is 9.52. The van der Waals surface area contributed by atoms with E-state index >= 15 is 0 Å². The van der Waals surface area contributed by atoms with Gasteiger partial charge in [0.25, 0.3) is 0 Å². The van der Waals surface area contributed by atoms with Crippen LogP contribution >= 0.6 is 0 Å². The van der Waals surface area contributed by atoms with Crippen molar-refractivity contribution in [3.05, 3.63) is 53.6 Å². The Morgan fingerprint density at radius 1 is 1.06 bits per heavy atom. The highest BCUT2D eigenvalue weighted by atomic mass is 19.1. The molecule has 0 aliphatic carbocycles. The maximum Gasteiger partial charge on any atom is 0.151 e. The Balaban J connectivity index is 2.19. The van der Waals surface area contributed by atoms with Crippen LogP contribution in [0.1, 0.15) is 5.56 Å². The Morgan fingerprint density at radius 3 is 2.61 bits per heavy atom. The minimum atomic E-state index is -0.386. The largest absolute Gasteiger partial charge is 0.338 e. The van der Waals surface area contributed by atoms with E-state index < -0.39 is 0 Å². The highest BCUT2D eigenvalue weighted by Gasteiger charge is 2.09. The molecule has 1 heterocycles. The fraction of sp³-hybridized carbons (Fsp3) is 0.0714. The van der Waals surface area contributed by atoms with E-state index in [0.29, 0.717) is 22.5 Å². The predicted molar refractivity (Wildman–Crippen MR) is 66.2 cm³/mol. The van der Waals surface area contributed by atoms with E-state index in [1.54, 1.807) is 31.2 Å².